The normalized spacial score (nSPS) is 32.5. The molecule has 2 fully saturated rings. The van der Waals surface area contributed by atoms with Gasteiger partial charge in [0.25, 0.3) is 0 Å². The molecule has 0 aromatic rings. The van der Waals surface area contributed by atoms with E-state index in [1.165, 1.54) is 38.5 Å². The molecular weight excluding hydrogens is 202 g/mol. The molecule has 2 N–H and O–H groups in total. The molecule has 0 saturated heterocycles. The van der Waals surface area contributed by atoms with Gasteiger partial charge >= 0.3 is 5.97 Å². The van der Waals surface area contributed by atoms with E-state index in [4.69, 9.17) is 0 Å². The van der Waals surface area contributed by atoms with E-state index in [-0.39, 0.29) is 12.0 Å². The zero-order valence-corrected chi connectivity index (χ0v) is 9.95. The number of carboxylic acids is 1. The zero-order chi connectivity index (χ0) is 11.4. The predicted molar refractivity (Wildman–Crippen MR) is 63.4 cm³/mol. The predicted octanol–water partition coefficient (Wildman–Crippen LogP) is 2.55. The smallest absolute Gasteiger partial charge is 0.308 e. The molecule has 3 nitrogen and oxygen atoms in total. The van der Waals surface area contributed by atoms with Gasteiger partial charge in [-0.1, -0.05) is 32.1 Å². The lowest BCUT2D eigenvalue weighted by Crippen LogP contribution is -2.47. The van der Waals surface area contributed by atoms with Crippen molar-refractivity contribution >= 4 is 5.97 Å². The van der Waals surface area contributed by atoms with E-state index in [2.05, 4.69) is 5.32 Å². The maximum Gasteiger partial charge on any atom is 0.308 e. The summed E-state index contributed by atoms with van der Waals surface area (Å²) in [4.78, 5) is 11.2. The van der Waals surface area contributed by atoms with Crippen molar-refractivity contribution in [2.45, 2.75) is 69.9 Å². The lowest BCUT2D eigenvalue weighted by molar-refractivity contribution is -0.143. The number of hydrogen-bond donors (Lipinski definition) is 2. The monoisotopic (exact) mass is 225 g/mol. The van der Waals surface area contributed by atoms with Crippen LogP contribution in [0.25, 0.3) is 0 Å². The highest BCUT2D eigenvalue weighted by Gasteiger charge is 2.32. The number of rotatable bonds is 3. The summed E-state index contributed by atoms with van der Waals surface area (Å²) in [5, 5.41) is 12.8. The summed E-state index contributed by atoms with van der Waals surface area (Å²) in [7, 11) is 0. The van der Waals surface area contributed by atoms with Gasteiger partial charge in [-0.2, -0.15) is 0 Å². The quantitative estimate of drug-likeness (QED) is 0.776. The molecule has 0 heterocycles. The molecule has 0 bridgehead atoms. The highest BCUT2D eigenvalue weighted by atomic mass is 16.4. The molecule has 0 spiro atoms. The molecule has 3 heteroatoms. The molecule has 2 aliphatic rings. The molecule has 2 atom stereocenters. The van der Waals surface area contributed by atoms with Gasteiger partial charge in [0.1, 0.15) is 0 Å². The van der Waals surface area contributed by atoms with Crippen molar-refractivity contribution in [1.29, 1.82) is 0 Å². The van der Waals surface area contributed by atoms with Crippen molar-refractivity contribution in [3.05, 3.63) is 0 Å². The number of nitrogens with one attached hydrogen (secondary N) is 1. The molecule has 2 unspecified atom stereocenters. The van der Waals surface area contributed by atoms with Gasteiger partial charge in [0.05, 0.1) is 5.92 Å². The SMILES string of the molecule is O=C(O)C1CCCCC1NC1CCCCC1. The molecular formula is C13H23NO2. The number of carbonyl (C=O) groups is 1. The molecule has 16 heavy (non-hydrogen) atoms. The molecule has 2 rings (SSSR count). The topological polar surface area (TPSA) is 49.3 Å². The molecule has 0 radical (unpaired) electrons. The van der Waals surface area contributed by atoms with Gasteiger partial charge in [0, 0.05) is 12.1 Å². The summed E-state index contributed by atoms with van der Waals surface area (Å²) < 4.78 is 0. The second-order valence-electron chi connectivity index (χ2n) is 5.34. The summed E-state index contributed by atoms with van der Waals surface area (Å²) in [5.41, 5.74) is 0. The third-order valence-corrected chi connectivity index (χ3v) is 4.14. The number of hydrogen-bond acceptors (Lipinski definition) is 2. The van der Waals surface area contributed by atoms with E-state index < -0.39 is 5.97 Å². The van der Waals surface area contributed by atoms with E-state index in [1.807, 2.05) is 0 Å². The molecule has 0 amide bonds. The van der Waals surface area contributed by atoms with Crippen LogP contribution in [0.3, 0.4) is 0 Å². The Morgan fingerprint density at radius 1 is 0.938 bits per heavy atom. The fourth-order valence-electron chi connectivity index (χ4n) is 3.20. The van der Waals surface area contributed by atoms with Gasteiger partial charge in [-0.3, -0.25) is 4.79 Å². The van der Waals surface area contributed by atoms with Crippen LogP contribution in [0.2, 0.25) is 0 Å². The van der Waals surface area contributed by atoms with Crippen LogP contribution >= 0.6 is 0 Å². The summed E-state index contributed by atoms with van der Waals surface area (Å²) in [5.74, 6) is -0.747. The Kier molecular flexibility index (Phi) is 4.22. The average molecular weight is 225 g/mol. The van der Waals surface area contributed by atoms with Crippen LogP contribution in [0, 0.1) is 5.92 Å². The maximum atomic E-state index is 11.2. The van der Waals surface area contributed by atoms with E-state index in [0.29, 0.717) is 6.04 Å². The summed E-state index contributed by atoms with van der Waals surface area (Å²) in [6.45, 7) is 0. The molecule has 2 aliphatic carbocycles. The first-order chi connectivity index (χ1) is 7.77. The third kappa shape index (κ3) is 2.97. The van der Waals surface area contributed by atoms with E-state index in [9.17, 15) is 9.90 Å². The fraction of sp³-hybridized carbons (Fsp3) is 0.923. The summed E-state index contributed by atoms with van der Waals surface area (Å²) >= 11 is 0. The first kappa shape index (κ1) is 11.9. The van der Waals surface area contributed by atoms with Crippen molar-refractivity contribution in [3.8, 4) is 0 Å². The number of aliphatic carboxylic acids is 1. The first-order valence-corrected chi connectivity index (χ1v) is 6.76. The van der Waals surface area contributed by atoms with Gasteiger partial charge in [0.15, 0.2) is 0 Å². The van der Waals surface area contributed by atoms with Crippen LogP contribution in [-0.4, -0.2) is 23.2 Å². The van der Waals surface area contributed by atoms with Crippen molar-refractivity contribution < 1.29 is 9.90 Å². The lowest BCUT2D eigenvalue weighted by atomic mass is 9.83. The standard InChI is InChI=1S/C13H23NO2/c15-13(16)11-8-4-5-9-12(11)14-10-6-2-1-3-7-10/h10-12,14H,1-9H2,(H,15,16). The van der Waals surface area contributed by atoms with Gasteiger partial charge in [-0.05, 0) is 25.7 Å². The van der Waals surface area contributed by atoms with Gasteiger partial charge in [-0.25, -0.2) is 0 Å². The largest absolute Gasteiger partial charge is 0.481 e. The number of carboxylic acid groups (broad SMARTS) is 1. The van der Waals surface area contributed by atoms with Crippen molar-refractivity contribution in [2.75, 3.05) is 0 Å². The van der Waals surface area contributed by atoms with Crippen LogP contribution in [0.4, 0.5) is 0 Å². The Balaban J connectivity index is 1.87. The second-order valence-corrected chi connectivity index (χ2v) is 5.34. The van der Waals surface area contributed by atoms with E-state index >= 15 is 0 Å². The molecule has 0 aromatic carbocycles. The van der Waals surface area contributed by atoms with Crippen LogP contribution in [-0.2, 0) is 4.79 Å². The van der Waals surface area contributed by atoms with Crippen molar-refractivity contribution in [1.82, 2.24) is 5.32 Å². The molecule has 0 aromatic heterocycles. The highest BCUT2D eigenvalue weighted by Crippen LogP contribution is 2.27. The van der Waals surface area contributed by atoms with Gasteiger partial charge < -0.3 is 10.4 Å². The van der Waals surface area contributed by atoms with E-state index in [1.54, 1.807) is 0 Å². The highest BCUT2D eigenvalue weighted by molar-refractivity contribution is 5.71. The maximum absolute atomic E-state index is 11.2. The minimum Gasteiger partial charge on any atom is -0.481 e. The molecule has 2 saturated carbocycles. The van der Waals surface area contributed by atoms with Crippen LogP contribution < -0.4 is 5.32 Å². The third-order valence-electron chi connectivity index (χ3n) is 4.14. The summed E-state index contributed by atoms with van der Waals surface area (Å²) in [6, 6.07) is 0.813. The Hall–Kier alpha value is -0.570. The minimum atomic E-state index is -0.604. The van der Waals surface area contributed by atoms with Crippen molar-refractivity contribution in [3.63, 3.8) is 0 Å². The Morgan fingerprint density at radius 3 is 2.25 bits per heavy atom. The van der Waals surface area contributed by atoms with Gasteiger partial charge in [0.2, 0.25) is 0 Å². The second kappa shape index (κ2) is 5.67. The Labute approximate surface area is 97.6 Å². The molecule has 92 valence electrons. The van der Waals surface area contributed by atoms with Gasteiger partial charge in [-0.15, -0.1) is 0 Å². The zero-order valence-electron chi connectivity index (χ0n) is 9.95. The molecule has 0 aliphatic heterocycles. The fourth-order valence-corrected chi connectivity index (χ4v) is 3.20. The van der Waals surface area contributed by atoms with Crippen LogP contribution in [0.15, 0.2) is 0 Å². The Morgan fingerprint density at radius 2 is 1.56 bits per heavy atom. The van der Waals surface area contributed by atoms with Crippen molar-refractivity contribution in [2.24, 2.45) is 5.92 Å². The van der Waals surface area contributed by atoms with Crippen LogP contribution in [0.1, 0.15) is 57.8 Å². The Bertz CT molecular complexity index is 236. The first-order valence-electron chi connectivity index (χ1n) is 6.76. The van der Waals surface area contributed by atoms with Crippen LogP contribution in [0.5, 0.6) is 0 Å². The summed E-state index contributed by atoms with van der Waals surface area (Å²) in [6.07, 6.45) is 10.6. The van der Waals surface area contributed by atoms with E-state index in [0.717, 1.165) is 19.3 Å². The average Bonchev–Trinajstić information content (AvgIpc) is 2.31. The minimum absolute atomic E-state index is 0.143. The lowest BCUT2D eigenvalue weighted by Gasteiger charge is -2.34.